The standard InChI is InChI=1S/C17H25Cl2NO/c1-12-5-4-8-17(11-12,21-3)16(20-2)9-13-6-7-14(18)10-15(13)19/h6-7,10,12,16,20H,4-5,8-9,11H2,1-3H3. The molecule has 2 nitrogen and oxygen atoms in total. The first-order valence-corrected chi connectivity index (χ1v) is 8.42. The molecule has 3 atom stereocenters. The highest BCUT2D eigenvalue weighted by Crippen LogP contribution is 2.38. The summed E-state index contributed by atoms with van der Waals surface area (Å²) in [6.45, 7) is 2.31. The van der Waals surface area contributed by atoms with E-state index in [0.717, 1.165) is 29.8 Å². The Morgan fingerprint density at radius 3 is 2.76 bits per heavy atom. The normalized spacial score (nSPS) is 27.6. The third-order valence-corrected chi connectivity index (χ3v) is 5.41. The maximum absolute atomic E-state index is 6.33. The van der Waals surface area contributed by atoms with Crippen LogP contribution in [-0.4, -0.2) is 25.8 Å². The van der Waals surface area contributed by atoms with Crippen molar-refractivity contribution in [2.75, 3.05) is 14.2 Å². The molecule has 1 aliphatic rings. The van der Waals surface area contributed by atoms with Crippen molar-refractivity contribution in [3.8, 4) is 0 Å². The van der Waals surface area contributed by atoms with Gasteiger partial charge in [0.15, 0.2) is 0 Å². The average molecular weight is 330 g/mol. The summed E-state index contributed by atoms with van der Waals surface area (Å²) in [5.41, 5.74) is 1.02. The average Bonchev–Trinajstić information content (AvgIpc) is 2.46. The molecule has 1 saturated carbocycles. The summed E-state index contributed by atoms with van der Waals surface area (Å²) in [4.78, 5) is 0. The van der Waals surface area contributed by atoms with E-state index in [1.54, 1.807) is 0 Å². The van der Waals surface area contributed by atoms with Crippen LogP contribution in [0.4, 0.5) is 0 Å². The van der Waals surface area contributed by atoms with E-state index in [0.29, 0.717) is 10.9 Å². The predicted molar refractivity (Wildman–Crippen MR) is 90.4 cm³/mol. The lowest BCUT2D eigenvalue weighted by molar-refractivity contribution is -0.0775. The third kappa shape index (κ3) is 3.92. The van der Waals surface area contributed by atoms with Gasteiger partial charge in [-0.15, -0.1) is 0 Å². The highest BCUT2D eigenvalue weighted by atomic mass is 35.5. The molecule has 0 aliphatic heterocycles. The maximum Gasteiger partial charge on any atom is 0.0836 e. The maximum atomic E-state index is 6.33. The predicted octanol–water partition coefficient (Wildman–Crippen LogP) is 4.72. The monoisotopic (exact) mass is 329 g/mol. The first-order chi connectivity index (χ1) is 10.0. The second kappa shape index (κ2) is 7.32. The molecule has 1 N–H and O–H groups in total. The van der Waals surface area contributed by atoms with Crippen LogP contribution < -0.4 is 5.32 Å². The Hall–Kier alpha value is -0.280. The van der Waals surface area contributed by atoms with Crippen LogP contribution in [0.5, 0.6) is 0 Å². The number of methoxy groups -OCH3 is 1. The van der Waals surface area contributed by atoms with Crippen molar-refractivity contribution in [2.45, 2.75) is 50.7 Å². The van der Waals surface area contributed by atoms with Gasteiger partial charge in [-0.3, -0.25) is 0 Å². The van der Waals surface area contributed by atoms with Gasteiger partial charge < -0.3 is 10.1 Å². The molecule has 1 aliphatic carbocycles. The van der Waals surface area contributed by atoms with Gasteiger partial charge >= 0.3 is 0 Å². The Labute approximate surface area is 138 Å². The van der Waals surface area contributed by atoms with E-state index in [1.165, 1.54) is 12.8 Å². The first kappa shape index (κ1) is 17.1. The number of halogens is 2. The van der Waals surface area contributed by atoms with Gasteiger partial charge in [0.2, 0.25) is 0 Å². The minimum absolute atomic E-state index is 0.102. The second-order valence-electron chi connectivity index (χ2n) is 6.25. The van der Waals surface area contributed by atoms with Crippen molar-refractivity contribution >= 4 is 23.2 Å². The van der Waals surface area contributed by atoms with Crippen LogP contribution >= 0.6 is 23.2 Å². The first-order valence-electron chi connectivity index (χ1n) is 7.67. The number of ether oxygens (including phenoxy) is 1. The molecule has 0 bridgehead atoms. The fourth-order valence-electron chi connectivity index (χ4n) is 3.65. The molecule has 0 heterocycles. The van der Waals surface area contributed by atoms with E-state index in [4.69, 9.17) is 27.9 Å². The molecule has 0 amide bonds. The van der Waals surface area contributed by atoms with Crippen LogP contribution in [0.25, 0.3) is 0 Å². The Morgan fingerprint density at radius 2 is 2.19 bits per heavy atom. The van der Waals surface area contributed by atoms with E-state index in [-0.39, 0.29) is 11.6 Å². The van der Waals surface area contributed by atoms with E-state index in [1.807, 2.05) is 32.4 Å². The highest BCUT2D eigenvalue weighted by Gasteiger charge is 2.41. The molecule has 0 radical (unpaired) electrons. The molecule has 21 heavy (non-hydrogen) atoms. The molecule has 1 aromatic rings. The summed E-state index contributed by atoms with van der Waals surface area (Å²) in [5, 5.41) is 4.87. The fourth-order valence-corrected chi connectivity index (χ4v) is 4.13. The molecule has 4 heteroatoms. The highest BCUT2D eigenvalue weighted by molar-refractivity contribution is 6.35. The fraction of sp³-hybridized carbons (Fsp3) is 0.647. The van der Waals surface area contributed by atoms with E-state index >= 15 is 0 Å². The van der Waals surface area contributed by atoms with E-state index in [9.17, 15) is 0 Å². The number of benzene rings is 1. The van der Waals surface area contributed by atoms with Gasteiger partial charge in [0, 0.05) is 23.2 Å². The van der Waals surface area contributed by atoms with Crippen LogP contribution in [0.15, 0.2) is 18.2 Å². The van der Waals surface area contributed by atoms with Crippen molar-refractivity contribution in [3.63, 3.8) is 0 Å². The van der Waals surface area contributed by atoms with Gasteiger partial charge in [-0.25, -0.2) is 0 Å². The molecule has 3 unspecified atom stereocenters. The van der Waals surface area contributed by atoms with Gasteiger partial charge in [0.1, 0.15) is 0 Å². The van der Waals surface area contributed by atoms with Gasteiger partial charge in [-0.2, -0.15) is 0 Å². The molecule has 118 valence electrons. The topological polar surface area (TPSA) is 21.3 Å². The smallest absolute Gasteiger partial charge is 0.0836 e. The molecule has 0 saturated heterocycles. The lowest BCUT2D eigenvalue weighted by Gasteiger charge is -2.44. The molecule has 1 fully saturated rings. The van der Waals surface area contributed by atoms with Crippen LogP contribution in [0, 0.1) is 5.92 Å². The Kier molecular flexibility index (Phi) is 5.96. The Balaban J connectivity index is 2.21. The molecule has 0 aromatic heterocycles. The van der Waals surface area contributed by atoms with Crippen LogP contribution in [-0.2, 0) is 11.2 Å². The number of nitrogens with one attached hydrogen (secondary N) is 1. The van der Waals surface area contributed by atoms with Crippen LogP contribution in [0.1, 0.15) is 38.2 Å². The summed E-state index contributed by atoms with van der Waals surface area (Å²) in [6, 6.07) is 5.99. The summed E-state index contributed by atoms with van der Waals surface area (Å²) in [7, 11) is 3.85. The number of hydrogen-bond acceptors (Lipinski definition) is 2. The molecule has 1 aromatic carbocycles. The third-order valence-electron chi connectivity index (χ3n) is 4.82. The van der Waals surface area contributed by atoms with Crippen molar-refractivity contribution in [3.05, 3.63) is 33.8 Å². The zero-order chi connectivity index (χ0) is 15.5. The van der Waals surface area contributed by atoms with Gasteiger partial charge in [0.05, 0.1) is 5.60 Å². The van der Waals surface area contributed by atoms with E-state index in [2.05, 4.69) is 12.2 Å². The van der Waals surface area contributed by atoms with Gasteiger partial charge in [-0.1, -0.05) is 49.0 Å². The molecule has 2 rings (SSSR count). The Bertz CT molecular complexity index is 480. The molecule has 0 spiro atoms. The quantitative estimate of drug-likeness (QED) is 0.843. The zero-order valence-corrected chi connectivity index (χ0v) is 14.6. The SMILES string of the molecule is CNC(Cc1ccc(Cl)cc1Cl)C1(OC)CCCC(C)C1. The zero-order valence-electron chi connectivity index (χ0n) is 13.1. The largest absolute Gasteiger partial charge is 0.377 e. The van der Waals surface area contributed by atoms with Gasteiger partial charge in [0.25, 0.3) is 0 Å². The number of likely N-dealkylation sites (N-methyl/N-ethyl adjacent to an activating group) is 1. The van der Waals surface area contributed by atoms with Crippen LogP contribution in [0.3, 0.4) is 0 Å². The second-order valence-corrected chi connectivity index (χ2v) is 7.10. The summed E-state index contributed by atoms with van der Waals surface area (Å²) >= 11 is 12.3. The van der Waals surface area contributed by atoms with Crippen molar-refractivity contribution in [1.29, 1.82) is 0 Å². The summed E-state index contributed by atoms with van der Waals surface area (Å²) < 4.78 is 6.01. The number of rotatable bonds is 5. The Morgan fingerprint density at radius 1 is 1.43 bits per heavy atom. The van der Waals surface area contributed by atoms with Crippen molar-refractivity contribution in [1.82, 2.24) is 5.32 Å². The summed E-state index contributed by atoms with van der Waals surface area (Å²) in [6.07, 6.45) is 5.57. The lowest BCUT2D eigenvalue weighted by Crippen LogP contribution is -2.54. The van der Waals surface area contributed by atoms with Crippen molar-refractivity contribution in [2.24, 2.45) is 5.92 Å². The molecular formula is C17H25Cl2NO. The summed E-state index contributed by atoms with van der Waals surface area (Å²) in [5.74, 6) is 0.704. The number of hydrogen-bond donors (Lipinski definition) is 1. The molecular weight excluding hydrogens is 305 g/mol. The van der Waals surface area contributed by atoms with Crippen LogP contribution in [0.2, 0.25) is 10.0 Å². The minimum atomic E-state index is -0.102. The minimum Gasteiger partial charge on any atom is -0.377 e. The van der Waals surface area contributed by atoms with E-state index < -0.39 is 0 Å². The van der Waals surface area contributed by atoms with Crippen molar-refractivity contribution < 1.29 is 4.74 Å². The lowest BCUT2D eigenvalue weighted by atomic mass is 9.73. The van der Waals surface area contributed by atoms with Gasteiger partial charge in [-0.05, 0) is 49.9 Å².